The fraction of sp³-hybridized carbons (Fsp3) is 0.625. The molecule has 1 aromatic rings. The SMILES string of the molecule is CCC(C)c1ccc(S(=O)NCCN2CCOCC2)cc1. The molecule has 5 heteroatoms. The number of nitrogens with zero attached hydrogens (tertiary/aromatic N) is 1. The number of morpholine rings is 1. The van der Waals surface area contributed by atoms with Gasteiger partial charge in [-0.1, -0.05) is 26.0 Å². The molecule has 0 spiro atoms. The highest BCUT2D eigenvalue weighted by atomic mass is 32.2. The molecule has 2 atom stereocenters. The van der Waals surface area contributed by atoms with Gasteiger partial charge in [-0.2, -0.15) is 0 Å². The number of ether oxygens (including phenoxy) is 1. The zero-order chi connectivity index (χ0) is 15.1. The van der Waals surface area contributed by atoms with Crippen molar-refractivity contribution in [3.63, 3.8) is 0 Å². The Labute approximate surface area is 130 Å². The molecule has 0 saturated carbocycles. The van der Waals surface area contributed by atoms with E-state index in [-0.39, 0.29) is 0 Å². The van der Waals surface area contributed by atoms with Crippen molar-refractivity contribution in [3.05, 3.63) is 29.8 Å². The summed E-state index contributed by atoms with van der Waals surface area (Å²) in [5, 5.41) is 0. The minimum absolute atomic E-state index is 0.557. The molecule has 0 aliphatic carbocycles. The molecule has 0 bridgehead atoms. The van der Waals surface area contributed by atoms with Crippen LogP contribution in [0.2, 0.25) is 0 Å². The Morgan fingerprint density at radius 2 is 1.95 bits per heavy atom. The van der Waals surface area contributed by atoms with Crippen LogP contribution >= 0.6 is 0 Å². The van der Waals surface area contributed by atoms with E-state index in [9.17, 15) is 4.21 Å². The van der Waals surface area contributed by atoms with Gasteiger partial charge in [-0.25, -0.2) is 8.93 Å². The van der Waals surface area contributed by atoms with Crippen LogP contribution in [0.4, 0.5) is 0 Å². The molecule has 2 unspecified atom stereocenters. The predicted octanol–water partition coefficient (Wildman–Crippen LogP) is 2.14. The zero-order valence-electron chi connectivity index (χ0n) is 13.0. The second-order valence-electron chi connectivity index (χ2n) is 5.50. The average molecular weight is 310 g/mol. The van der Waals surface area contributed by atoms with Crippen LogP contribution in [0.25, 0.3) is 0 Å². The minimum Gasteiger partial charge on any atom is -0.379 e. The van der Waals surface area contributed by atoms with E-state index in [1.165, 1.54) is 5.56 Å². The van der Waals surface area contributed by atoms with E-state index in [4.69, 9.17) is 4.74 Å². The summed E-state index contributed by atoms with van der Waals surface area (Å²) in [4.78, 5) is 3.18. The normalized spacial score (nSPS) is 19.3. The molecule has 1 aliphatic heterocycles. The molecular formula is C16H26N2O2S. The van der Waals surface area contributed by atoms with Crippen molar-refractivity contribution in [3.8, 4) is 0 Å². The van der Waals surface area contributed by atoms with Crippen molar-refractivity contribution in [2.45, 2.75) is 31.1 Å². The van der Waals surface area contributed by atoms with E-state index >= 15 is 0 Å². The molecule has 1 fully saturated rings. The molecular weight excluding hydrogens is 284 g/mol. The molecule has 118 valence electrons. The molecule has 0 amide bonds. The molecule has 4 nitrogen and oxygen atoms in total. The van der Waals surface area contributed by atoms with Crippen LogP contribution in [0.5, 0.6) is 0 Å². The summed E-state index contributed by atoms with van der Waals surface area (Å²) in [5.74, 6) is 0.557. The van der Waals surface area contributed by atoms with Crippen LogP contribution in [0.15, 0.2) is 29.2 Å². The van der Waals surface area contributed by atoms with Gasteiger partial charge in [0.1, 0.15) is 11.0 Å². The van der Waals surface area contributed by atoms with E-state index in [0.29, 0.717) is 5.92 Å². The summed E-state index contributed by atoms with van der Waals surface area (Å²) >= 11 is 0. The molecule has 1 saturated heterocycles. The van der Waals surface area contributed by atoms with Crippen molar-refractivity contribution in [2.24, 2.45) is 0 Å². The van der Waals surface area contributed by atoms with Crippen LogP contribution in [0.3, 0.4) is 0 Å². The van der Waals surface area contributed by atoms with Crippen LogP contribution in [-0.2, 0) is 15.7 Å². The lowest BCUT2D eigenvalue weighted by Gasteiger charge is -2.26. The van der Waals surface area contributed by atoms with Crippen LogP contribution < -0.4 is 4.72 Å². The lowest BCUT2D eigenvalue weighted by atomic mass is 9.99. The number of hydrogen-bond acceptors (Lipinski definition) is 3. The van der Waals surface area contributed by atoms with Crippen molar-refractivity contribution >= 4 is 11.0 Å². The third-order valence-electron chi connectivity index (χ3n) is 4.04. The Bertz CT molecular complexity index is 444. The quantitative estimate of drug-likeness (QED) is 0.839. The summed E-state index contributed by atoms with van der Waals surface area (Å²) in [6, 6.07) is 8.12. The standard InChI is InChI=1S/C16H26N2O2S/c1-3-14(2)15-4-6-16(7-5-15)21(19)17-8-9-18-10-12-20-13-11-18/h4-7,14,17H,3,8-13H2,1-2H3. The first-order chi connectivity index (χ1) is 10.2. The first-order valence-corrected chi connectivity index (χ1v) is 8.91. The van der Waals surface area contributed by atoms with Crippen LogP contribution in [0.1, 0.15) is 31.7 Å². The molecule has 1 aliphatic rings. The highest BCUT2D eigenvalue weighted by Crippen LogP contribution is 2.19. The third kappa shape index (κ3) is 5.18. The molecule has 21 heavy (non-hydrogen) atoms. The predicted molar refractivity (Wildman–Crippen MR) is 86.8 cm³/mol. The van der Waals surface area contributed by atoms with Crippen molar-refractivity contribution in [1.82, 2.24) is 9.62 Å². The second kappa shape index (κ2) is 8.63. The molecule has 0 radical (unpaired) electrons. The van der Waals surface area contributed by atoms with E-state index in [2.05, 4.69) is 35.6 Å². The van der Waals surface area contributed by atoms with Crippen LogP contribution in [-0.4, -0.2) is 48.5 Å². The first kappa shape index (κ1) is 16.6. The number of rotatable bonds is 7. The van der Waals surface area contributed by atoms with Gasteiger partial charge in [0.25, 0.3) is 0 Å². The van der Waals surface area contributed by atoms with E-state index < -0.39 is 11.0 Å². The molecule has 1 heterocycles. The third-order valence-corrected chi connectivity index (χ3v) is 5.21. The summed E-state index contributed by atoms with van der Waals surface area (Å²) in [5.41, 5.74) is 1.31. The fourth-order valence-corrected chi connectivity index (χ4v) is 3.19. The maximum absolute atomic E-state index is 12.2. The van der Waals surface area contributed by atoms with Gasteiger partial charge in [0, 0.05) is 26.2 Å². The van der Waals surface area contributed by atoms with Crippen molar-refractivity contribution in [2.75, 3.05) is 39.4 Å². The van der Waals surface area contributed by atoms with Gasteiger partial charge in [-0.05, 0) is 30.0 Å². The highest BCUT2D eigenvalue weighted by Gasteiger charge is 2.11. The first-order valence-electron chi connectivity index (χ1n) is 7.76. The Hall–Kier alpha value is -0.750. The van der Waals surface area contributed by atoms with Crippen molar-refractivity contribution < 1.29 is 8.95 Å². The Morgan fingerprint density at radius 1 is 1.29 bits per heavy atom. The van der Waals surface area contributed by atoms with E-state index in [1.807, 2.05) is 12.1 Å². The number of benzene rings is 1. The number of hydrogen-bond donors (Lipinski definition) is 1. The Morgan fingerprint density at radius 3 is 2.57 bits per heavy atom. The molecule has 1 aromatic carbocycles. The summed E-state index contributed by atoms with van der Waals surface area (Å²) in [6.07, 6.45) is 1.13. The summed E-state index contributed by atoms with van der Waals surface area (Å²) in [7, 11) is -1.12. The summed E-state index contributed by atoms with van der Waals surface area (Å²) < 4.78 is 20.6. The fourth-order valence-electron chi connectivity index (χ4n) is 2.36. The van der Waals surface area contributed by atoms with Crippen molar-refractivity contribution in [1.29, 1.82) is 0 Å². The lowest BCUT2D eigenvalue weighted by molar-refractivity contribution is 0.0390. The lowest BCUT2D eigenvalue weighted by Crippen LogP contribution is -2.40. The molecule has 1 N–H and O–H groups in total. The van der Waals surface area contributed by atoms with Crippen LogP contribution in [0, 0.1) is 0 Å². The Balaban J connectivity index is 1.77. The summed E-state index contributed by atoms with van der Waals surface area (Å²) in [6.45, 7) is 9.60. The monoisotopic (exact) mass is 310 g/mol. The minimum atomic E-state index is -1.12. The topological polar surface area (TPSA) is 41.6 Å². The molecule has 2 rings (SSSR count). The van der Waals surface area contributed by atoms with Gasteiger partial charge in [0.15, 0.2) is 0 Å². The smallest absolute Gasteiger partial charge is 0.124 e. The van der Waals surface area contributed by atoms with Gasteiger partial charge in [-0.15, -0.1) is 0 Å². The van der Waals surface area contributed by atoms with E-state index in [0.717, 1.165) is 50.7 Å². The Kier molecular flexibility index (Phi) is 6.83. The van der Waals surface area contributed by atoms with Gasteiger partial charge in [0.05, 0.1) is 18.1 Å². The maximum Gasteiger partial charge on any atom is 0.124 e. The number of nitrogens with one attached hydrogen (secondary N) is 1. The highest BCUT2D eigenvalue weighted by molar-refractivity contribution is 7.83. The van der Waals surface area contributed by atoms with Gasteiger partial charge < -0.3 is 4.74 Å². The van der Waals surface area contributed by atoms with E-state index in [1.54, 1.807) is 0 Å². The second-order valence-corrected chi connectivity index (χ2v) is 6.79. The average Bonchev–Trinajstić information content (AvgIpc) is 2.55. The van der Waals surface area contributed by atoms with Gasteiger partial charge in [-0.3, -0.25) is 4.90 Å². The van der Waals surface area contributed by atoms with Gasteiger partial charge in [0.2, 0.25) is 0 Å². The van der Waals surface area contributed by atoms with Gasteiger partial charge >= 0.3 is 0 Å². The largest absolute Gasteiger partial charge is 0.379 e. The molecule has 0 aromatic heterocycles. The maximum atomic E-state index is 12.2. The zero-order valence-corrected chi connectivity index (χ0v) is 13.8.